The summed E-state index contributed by atoms with van der Waals surface area (Å²) in [4.78, 5) is 1.96. The van der Waals surface area contributed by atoms with Gasteiger partial charge < -0.3 is 9.64 Å². The number of halogens is 1. The van der Waals surface area contributed by atoms with E-state index < -0.39 is 0 Å². The Balaban J connectivity index is 1.72. The fraction of sp³-hybridized carbons (Fsp3) is 0.0952. The average molecular weight is 332 g/mol. The van der Waals surface area contributed by atoms with Crippen molar-refractivity contribution in [2.75, 3.05) is 11.9 Å². The molecule has 3 rings (SSSR count). The lowest BCUT2D eigenvalue weighted by molar-refractivity contribution is 0.482. The molecule has 0 aliphatic rings. The topological polar surface area (TPSA) is 36.3 Å². The van der Waals surface area contributed by atoms with Gasteiger partial charge in [0.05, 0.1) is 11.6 Å². The van der Waals surface area contributed by atoms with Gasteiger partial charge in [-0.05, 0) is 60.2 Å². The molecule has 0 unspecified atom stereocenters. The number of ether oxygens (including phenoxy) is 1. The SMILES string of the molecule is CN(Cc1cc(F)ccc1C#N)c1ccc(Oc2ccccc2)cc1. The minimum atomic E-state index is -0.339. The molecule has 0 fully saturated rings. The number of benzene rings is 3. The molecule has 0 atom stereocenters. The highest BCUT2D eigenvalue weighted by Crippen LogP contribution is 2.25. The Morgan fingerprint density at radius 1 is 0.960 bits per heavy atom. The first-order valence-corrected chi connectivity index (χ1v) is 7.88. The predicted molar refractivity (Wildman–Crippen MR) is 96.2 cm³/mol. The van der Waals surface area contributed by atoms with E-state index in [0.29, 0.717) is 17.7 Å². The van der Waals surface area contributed by atoms with Crippen LogP contribution in [0.4, 0.5) is 10.1 Å². The molecule has 0 aliphatic carbocycles. The molecule has 3 nitrogen and oxygen atoms in total. The van der Waals surface area contributed by atoms with Crippen molar-refractivity contribution in [3.05, 3.63) is 89.7 Å². The lowest BCUT2D eigenvalue weighted by Crippen LogP contribution is -2.17. The number of nitrogens with zero attached hydrogens (tertiary/aromatic N) is 2. The summed E-state index contributed by atoms with van der Waals surface area (Å²) in [5.41, 5.74) is 2.10. The maximum atomic E-state index is 13.5. The van der Waals surface area contributed by atoms with E-state index in [-0.39, 0.29) is 5.82 Å². The van der Waals surface area contributed by atoms with E-state index in [1.54, 1.807) is 0 Å². The van der Waals surface area contributed by atoms with Gasteiger partial charge in [-0.1, -0.05) is 18.2 Å². The van der Waals surface area contributed by atoms with Gasteiger partial charge in [0.15, 0.2) is 0 Å². The second-order valence-corrected chi connectivity index (χ2v) is 5.68. The van der Waals surface area contributed by atoms with Gasteiger partial charge >= 0.3 is 0 Å². The molecule has 3 aromatic carbocycles. The standard InChI is InChI=1S/C21H17FN2O/c1-24(15-17-13-18(22)8-7-16(17)14-23)19-9-11-21(12-10-19)25-20-5-3-2-4-6-20/h2-13H,15H2,1H3. The summed E-state index contributed by atoms with van der Waals surface area (Å²) in [6.45, 7) is 0.444. The zero-order valence-corrected chi connectivity index (χ0v) is 13.8. The largest absolute Gasteiger partial charge is 0.457 e. The van der Waals surface area contributed by atoms with Crippen LogP contribution in [0.15, 0.2) is 72.8 Å². The van der Waals surface area contributed by atoms with Crippen LogP contribution in [-0.4, -0.2) is 7.05 Å². The first kappa shape index (κ1) is 16.5. The van der Waals surface area contributed by atoms with Crippen molar-refractivity contribution < 1.29 is 9.13 Å². The fourth-order valence-electron chi connectivity index (χ4n) is 2.54. The molecule has 3 aromatic rings. The molecule has 124 valence electrons. The third-order valence-corrected chi connectivity index (χ3v) is 3.85. The molecule has 0 radical (unpaired) electrons. The highest BCUT2D eigenvalue weighted by Gasteiger charge is 2.08. The van der Waals surface area contributed by atoms with Crippen molar-refractivity contribution in [1.82, 2.24) is 0 Å². The average Bonchev–Trinajstić information content (AvgIpc) is 2.63. The van der Waals surface area contributed by atoms with E-state index in [9.17, 15) is 4.39 Å². The summed E-state index contributed by atoms with van der Waals surface area (Å²) in [6, 6.07) is 23.5. The molecule has 0 bridgehead atoms. The van der Waals surface area contributed by atoms with E-state index in [4.69, 9.17) is 10.00 Å². The molecule has 0 heterocycles. The van der Waals surface area contributed by atoms with Crippen LogP contribution >= 0.6 is 0 Å². The second kappa shape index (κ2) is 7.50. The van der Waals surface area contributed by atoms with E-state index in [2.05, 4.69) is 6.07 Å². The minimum Gasteiger partial charge on any atom is -0.457 e. The summed E-state index contributed by atoms with van der Waals surface area (Å²) < 4.78 is 19.2. The maximum absolute atomic E-state index is 13.5. The highest BCUT2D eigenvalue weighted by atomic mass is 19.1. The Labute approximate surface area is 146 Å². The first-order chi connectivity index (χ1) is 12.2. The van der Waals surface area contributed by atoms with Gasteiger partial charge in [-0.2, -0.15) is 5.26 Å². The normalized spacial score (nSPS) is 10.1. The summed E-state index contributed by atoms with van der Waals surface area (Å²) in [5.74, 6) is 1.18. The molecule has 0 aromatic heterocycles. The Morgan fingerprint density at radius 3 is 2.32 bits per heavy atom. The van der Waals surface area contributed by atoms with E-state index >= 15 is 0 Å². The Bertz CT molecular complexity index is 886. The monoisotopic (exact) mass is 332 g/mol. The molecule has 0 N–H and O–H groups in total. The van der Waals surface area contributed by atoms with Crippen molar-refractivity contribution >= 4 is 5.69 Å². The molecule has 0 aliphatic heterocycles. The lowest BCUT2D eigenvalue weighted by Gasteiger charge is -2.20. The molecular weight excluding hydrogens is 315 g/mol. The van der Waals surface area contributed by atoms with Gasteiger partial charge in [0, 0.05) is 19.3 Å². The zero-order chi connectivity index (χ0) is 17.6. The third-order valence-electron chi connectivity index (χ3n) is 3.85. The molecule has 25 heavy (non-hydrogen) atoms. The van der Waals surface area contributed by atoms with Crippen molar-refractivity contribution in [2.24, 2.45) is 0 Å². The van der Waals surface area contributed by atoms with Gasteiger partial charge in [0.2, 0.25) is 0 Å². The van der Waals surface area contributed by atoms with Crippen LogP contribution in [0.1, 0.15) is 11.1 Å². The summed E-state index contributed by atoms with van der Waals surface area (Å²) >= 11 is 0. The number of nitriles is 1. The number of rotatable bonds is 5. The quantitative estimate of drug-likeness (QED) is 0.650. The van der Waals surface area contributed by atoms with Crippen LogP contribution in [0.3, 0.4) is 0 Å². The maximum Gasteiger partial charge on any atom is 0.127 e. The first-order valence-electron chi connectivity index (χ1n) is 7.88. The predicted octanol–water partition coefficient (Wildman–Crippen LogP) is 5.13. The van der Waals surface area contributed by atoms with E-state index in [1.165, 1.54) is 18.2 Å². The Hall–Kier alpha value is -3.32. The number of para-hydroxylation sites is 1. The van der Waals surface area contributed by atoms with Gasteiger partial charge in [-0.25, -0.2) is 4.39 Å². The number of hydrogen-bond donors (Lipinski definition) is 0. The Kier molecular flexibility index (Phi) is 4.96. The fourth-order valence-corrected chi connectivity index (χ4v) is 2.54. The van der Waals surface area contributed by atoms with Gasteiger partial charge in [0.25, 0.3) is 0 Å². The van der Waals surface area contributed by atoms with Crippen LogP contribution in [0.2, 0.25) is 0 Å². The molecule has 0 saturated carbocycles. The number of anilines is 1. The molecule has 0 spiro atoms. The summed E-state index contributed by atoms with van der Waals surface area (Å²) in [5, 5.41) is 9.16. The van der Waals surface area contributed by atoms with Crippen molar-refractivity contribution in [3.63, 3.8) is 0 Å². The van der Waals surface area contributed by atoms with Crippen LogP contribution < -0.4 is 9.64 Å². The van der Waals surface area contributed by atoms with Crippen molar-refractivity contribution in [3.8, 4) is 17.6 Å². The highest BCUT2D eigenvalue weighted by molar-refractivity contribution is 5.50. The molecule has 0 saturated heterocycles. The molecule has 0 amide bonds. The minimum absolute atomic E-state index is 0.339. The van der Waals surface area contributed by atoms with Gasteiger partial charge in [-0.15, -0.1) is 0 Å². The summed E-state index contributed by atoms with van der Waals surface area (Å²) in [6.07, 6.45) is 0. The second-order valence-electron chi connectivity index (χ2n) is 5.68. The van der Waals surface area contributed by atoms with Gasteiger partial charge in [-0.3, -0.25) is 0 Å². The molecule has 4 heteroatoms. The van der Waals surface area contributed by atoms with E-state index in [0.717, 1.165) is 17.2 Å². The van der Waals surface area contributed by atoms with Gasteiger partial charge in [0.1, 0.15) is 17.3 Å². The number of hydrogen-bond acceptors (Lipinski definition) is 3. The lowest BCUT2D eigenvalue weighted by atomic mass is 10.1. The third kappa shape index (κ3) is 4.15. The molecular formula is C21H17FN2O. The van der Waals surface area contributed by atoms with Crippen LogP contribution in [-0.2, 0) is 6.54 Å². The van der Waals surface area contributed by atoms with Crippen molar-refractivity contribution in [2.45, 2.75) is 6.54 Å². The smallest absolute Gasteiger partial charge is 0.127 e. The summed E-state index contributed by atoms with van der Waals surface area (Å²) in [7, 11) is 1.90. The van der Waals surface area contributed by atoms with Crippen LogP contribution in [0.25, 0.3) is 0 Å². The zero-order valence-electron chi connectivity index (χ0n) is 13.8. The van der Waals surface area contributed by atoms with E-state index in [1.807, 2.05) is 66.5 Å². The van der Waals surface area contributed by atoms with Crippen molar-refractivity contribution in [1.29, 1.82) is 5.26 Å². The van der Waals surface area contributed by atoms with Crippen LogP contribution in [0.5, 0.6) is 11.5 Å². The van der Waals surface area contributed by atoms with Crippen LogP contribution in [0, 0.1) is 17.1 Å². The Morgan fingerprint density at radius 2 is 1.64 bits per heavy atom.